The lowest BCUT2D eigenvalue weighted by Gasteiger charge is -2.08. The molecule has 5 nitrogen and oxygen atoms in total. The minimum Gasteiger partial charge on any atom is -0.320 e. The number of carbonyl (C=O) groups excluding carboxylic acids is 1. The molecular weight excluding hydrogens is 322 g/mol. The van der Waals surface area contributed by atoms with Crippen molar-refractivity contribution < 1.29 is 14.1 Å². The number of nitrogens with one attached hydrogen (secondary N) is 1. The van der Waals surface area contributed by atoms with Crippen molar-refractivity contribution in [2.75, 3.05) is 5.32 Å². The van der Waals surface area contributed by atoms with Crippen LogP contribution in [0.3, 0.4) is 0 Å². The highest BCUT2D eigenvalue weighted by Crippen LogP contribution is 2.27. The molecule has 2 aromatic rings. The van der Waals surface area contributed by atoms with Gasteiger partial charge in [0.1, 0.15) is 11.4 Å². The van der Waals surface area contributed by atoms with E-state index in [0.717, 1.165) is 18.2 Å². The molecule has 2 aromatic carbocycles. The lowest BCUT2D eigenvalue weighted by molar-refractivity contribution is -0.385. The molecule has 0 saturated carbocycles. The fourth-order valence-electron chi connectivity index (χ4n) is 1.63. The number of nitrogens with zero attached hydrogens (tertiary/aromatic N) is 1. The molecular formula is C13H7Cl2FN2O3. The maximum atomic E-state index is 13.2. The summed E-state index contributed by atoms with van der Waals surface area (Å²) in [7, 11) is 0. The van der Waals surface area contributed by atoms with Gasteiger partial charge in [-0.2, -0.15) is 0 Å². The highest BCUT2D eigenvalue weighted by atomic mass is 35.5. The maximum absolute atomic E-state index is 13.2. The van der Waals surface area contributed by atoms with Gasteiger partial charge in [0, 0.05) is 11.1 Å². The van der Waals surface area contributed by atoms with Crippen LogP contribution in [0.15, 0.2) is 36.4 Å². The Labute approximate surface area is 128 Å². The number of benzene rings is 2. The Morgan fingerprint density at radius 2 is 1.90 bits per heavy atom. The molecule has 21 heavy (non-hydrogen) atoms. The number of halogens is 3. The molecule has 8 heteroatoms. The van der Waals surface area contributed by atoms with Crippen LogP contribution in [0.25, 0.3) is 0 Å². The molecule has 0 atom stereocenters. The molecule has 0 unspecified atom stereocenters. The number of nitro benzene ring substituents is 1. The second-order valence-corrected chi connectivity index (χ2v) is 4.84. The Morgan fingerprint density at radius 3 is 2.57 bits per heavy atom. The van der Waals surface area contributed by atoms with Crippen LogP contribution in [0.5, 0.6) is 0 Å². The summed E-state index contributed by atoms with van der Waals surface area (Å²) in [6, 6.07) is 6.97. The molecule has 0 aliphatic carbocycles. The van der Waals surface area contributed by atoms with Crippen molar-refractivity contribution >= 4 is 40.5 Å². The fraction of sp³-hybridized carbons (Fsp3) is 0. The lowest BCUT2D eigenvalue weighted by Crippen LogP contribution is -2.14. The molecule has 0 aliphatic rings. The zero-order valence-corrected chi connectivity index (χ0v) is 11.8. The molecule has 0 saturated heterocycles. The number of anilines is 1. The van der Waals surface area contributed by atoms with Crippen LogP contribution in [0, 0.1) is 15.9 Å². The Balaban J connectivity index is 2.39. The standard InChI is InChI=1S/C13H7Cl2FN2O3/c14-7-1-3-10(15)11(5-7)17-13(19)9-6-8(16)2-4-12(9)18(20)21/h1-6H,(H,17,19). The van der Waals surface area contributed by atoms with Crippen LogP contribution in [0.2, 0.25) is 10.0 Å². The van der Waals surface area contributed by atoms with E-state index in [1.165, 1.54) is 18.2 Å². The lowest BCUT2D eigenvalue weighted by atomic mass is 10.1. The molecule has 108 valence electrons. The minimum absolute atomic E-state index is 0.174. The molecule has 1 amide bonds. The molecule has 0 heterocycles. The summed E-state index contributed by atoms with van der Waals surface area (Å²) in [6.45, 7) is 0. The third-order valence-corrected chi connectivity index (χ3v) is 3.14. The number of amides is 1. The van der Waals surface area contributed by atoms with Crippen molar-refractivity contribution in [1.82, 2.24) is 0 Å². The van der Waals surface area contributed by atoms with Gasteiger partial charge in [-0.15, -0.1) is 0 Å². The zero-order valence-electron chi connectivity index (χ0n) is 10.3. The highest BCUT2D eigenvalue weighted by Gasteiger charge is 2.21. The number of hydrogen-bond acceptors (Lipinski definition) is 3. The minimum atomic E-state index is -0.856. The van der Waals surface area contributed by atoms with Crippen molar-refractivity contribution in [2.45, 2.75) is 0 Å². The van der Waals surface area contributed by atoms with E-state index in [4.69, 9.17) is 23.2 Å². The van der Waals surface area contributed by atoms with E-state index < -0.39 is 27.9 Å². The van der Waals surface area contributed by atoms with Gasteiger partial charge in [0.15, 0.2) is 0 Å². The molecule has 0 aromatic heterocycles. The van der Waals surface area contributed by atoms with Crippen LogP contribution in [-0.2, 0) is 0 Å². The Hall–Kier alpha value is -2.18. The Morgan fingerprint density at radius 1 is 1.19 bits per heavy atom. The Kier molecular flexibility index (Phi) is 4.40. The predicted octanol–water partition coefficient (Wildman–Crippen LogP) is 4.29. The van der Waals surface area contributed by atoms with Crippen molar-refractivity contribution in [1.29, 1.82) is 0 Å². The van der Waals surface area contributed by atoms with E-state index in [1.54, 1.807) is 0 Å². The van der Waals surface area contributed by atoms with E-state index in [9.17, 15) is 19.3 Å². The summed E-state index contributed by atoms with van der Waals surface area (Å²) < 4.78 is 13.2. The van der Waals surface area contributed by atoms with Gasteiger partial charge < -0.3 is 5.32 Å². The highest BCUT2D eigenvalue weighted by molar-refractivity contribution is 6.35. The fourth-order valence-corrected chi connectivity index (χ4v) is 1.97. The molecule has 0 aliphatic heterocycles. The molecule has 0 radical (unpaired) electrons. The number of nitro groups is 1. The number of hydrogen-bond donors (Lipinski definition) is 1. The van der Waals surface area contributed by atoms with Gasteiger partial charge in [0.05, 0.1) is 15.6 Å². The van der Waals surface area contributed by atoms with Gasteiger partial charge in [-0.1, -0.05) is 23.2 Å². The Bertz CT molecular complexity index is 737. The van der Waals surface area contributed by atoms with Crippen molar-refractivity contribution in [3.63, 3.8) is 0 Å². The second-order valence-electron chi connectivity index (χ2n) is 4.00. The third-order valence-electron chi connectivity index (χ3n) is 2.58. The second kappa shape index (κ2) is 6.07. The summed E-state index contributed by atoms with van der Waals surface area (Å²) in [4.78, 5) is 22.2. The van der Waals surface area contributed by atoms with Crippen LogP contribution in [0.4, 0.5) is 15.8 Å². The topological polar surface area (TPSA) is 72.2 Å². The molecule has 0 bridgehead atoms. The van der Waals surface area contributed by atoms with Gasteiger partial charge in [0.25, 0.3) is 11.6 Å². The van der Waals surface area contributed by atoms with Gasteiger partial charge >= 0.3 is 0 Å². The first-order chi connectivity index (χ1) is 9.88. The van der Waals surface area contributed by atoms with Crippen LogP contribution in [-0.4, -0.2) is 10.8 Å². The van der Waals surface area contributed by atoms with Crippen LogP contribution < -0.4 is 5.32 Å². The monoisotopic (exact) mass is 328 g/mol. The van der Waals surface area contributed by atoms with Crippen molar-refractivity contribution in [3.8, 4) is 0 Å². The molecule has 0 fully saturated rings. The van der Waals surface area contributed by atoms with Crippen molar-refractivity contribution in [3.05, 3.63) is 67.9 Å². The number of rotatable bonds is 3. The SMILES string of the molecule is O=C(Nc1cc(Cl)ccc1Cl)c1cc(F)ccc1[N+](=O)[O-]. The smallest absolute Gasteiger partial charge is 0.282 e. The summed E-state index contributed by atoms with van der Waals surface area (Å²) in [5, 5.41) is 13.8. The first kappa shape index (κ1) is 15.2. The summed E-state index contributed by atoms with van der Waals surface area (Å²) in [5.74, 6) is -1.62. The van der Waals surface area contributed by atoms with Gasteiger partial charge in [-0.3, -0.25) is 14.9 Å². The molecule has 1 N–H and O–H groups in total. The van der Waals surface area contributed by atoms with E-state index in [2.05, 4.69) is 5.32 Å². The van der Waals surface area contributed by atoms with E-state index in [1.807, 2.05) is 0 Å². The third kappa shape index (κ3) is 3.48. The maximum Gasteiger partial charge on any atom is 0.282 e. The average Bonchev–Trinajstić information content (AvgIpc) is 2.42. The van der Waals surface area contributed by atoms with Crippen LogP contribution >= 0.6 is 23.2 Å². The normalized spacial score (nSPS) is 10.2. The summed E-state index contributed by atoms with van der Waals surface area (Å²) in [5.41, 5.74) is -0.740. The van der Waals surface area contributed by atoms with E-state index in [0.29, 0.717) is 5.02 Å². The zero-order chi connectivity index (χ0) is 15.6. The summed E-state index contributed by atoms with van der Waals surface area (Å²) >= 11 is 11.7. The van der Waals surface area contributed by atoms with Gasteiger partial charge in [-0.25, -0.2) is 4.39 Å². The molecule has 0 spiro atoms. The summed E-state index contributed by atoms with van der Waals surface area (Å²) in [6.07, 6.45) is 0. The first-order valence-corrected chi connectivity index (χ1v) is 6.34. The quantitative estimate of drug-likeness (QED) is 0.674. The number of carbonyl (C=O) groups is 1. The van der Waals surface area contributed by atoms with E-state index in [-0.39, 0.29) is 10.7 Å². The largest absolute Gasteiger partial charge is 0.320 e. The predicted molar refractivity (Wildman–Crippen MR) is 77.5 cm³/mol. The van der Waals surface area contributed by atoms with Crippen LogP contribution in [0.1, 0.15) is 10.4 Å². The first-order valence-electron chi connectivity index (χ1n) is 5.59. The molecule has 2 rings (SSSR count). The average molecular weight is 329 g/mol. The van der Waals surface area contributed by atoms with Crippen molar-refractivity contribution in [2.24, 2.45) is 0 Å². The van der Waals surface area contributed by atoms with E-state index >= 15 is 0 Å². The van der Waals surface area contributed by atoms with Gasteiger partial charge in [-0.05, 0) is 30.3 Å². The van der Waals surface area contributed by atoms with Gasteiger partial charge in [0.2, 0.25) is 0 Å².